The molecule has 18 nitrogen and oxygen atoms in total. The van der Waals surface area contributed by atoms with Crippen LogP contribution in [-0.2, 0) is 52.5 Å². The number of unbranched alkanes of at least 4 members (excludes halogenated alkanes) is 14. The third-order valence-electron chi connectivity index (χ3n) is 9.97. The minimum Gasteiger partial charge on any atom is -0.480 e. The first-order valence-electron chi connectivity index (χ1n) is 24.2. The van der Waals surface area contributed by atoms with Gasteiger partial charge in [0.05, 0.1) is 39.1 Å². The predicted octanol–water partition coefficient (Wildman–Crippen LogP) is 4.60. The lowest BCUT2D eigenvalue weighted by Crippen LogP contribution is -2.41. The molecule has 3 atom stereocenters. The molecule has 0 aromatic heterocycles. The van der Waals surface area contributed by atoms with Crippen LogP contribution in [0.4, 0.5) is 0 Å². The molecule has 10 N–H and O–H groups in total. The zero-order valence-electron chi connectivity index (χ0n) is 40.7. The fourth-order valence-electron chi connectivity index (χ4n) is 5.94. The maximum absolute atomic E-state index is 12.2. The first-order chi connectivity index (χ1) is 31.2. The number of amides is 3. The lowest BCUT2D eigenvalue weighted by atomic mass is 10.0. The first-order valence-corrected chi connectivity index (χ1v) is 24.2. The molecule has 3 amide bonds. The van der Waals surface area contributed by atoms with Crippen molar-refractivity contribution >= 4 is 41.0 Å². The highest BCUT2D eigenvalue weighted by molar-refractivity contribution is 5.85. The van der Waals surface area contributed by atoms with Crippen molar-refractivity contribution in [3.05, 3.63) is 0 Å². The predicted molar refractivity (Wildman–Crippen MR) is 252 cm³/mol. The molecule has 0 aromatic carbocycles. The van der Waals surface area contributed by atoms with E-state index in [-0.39, 0.29) is 67.9 Å². The molecule has 0 fully saturated rings. The standard InChI is InChI=1S/C30H56N2O7.C14H27NO4.C3H8N2O2/c1-3-5-6-7-8-9-10-11-12-13-14-15-16-19-28(34)32-27(30(36)37)21-20-26(33)18-17-22-38-23-24-39-25-29(35)31-4-2;1-3-18-9-10-19-11-13(17)7-5-4-6-8-14(15)12(2)16;4-2(1-6)3(5)7/h27H,3-25H2,1-2H3,(H,31,35)(H,32,34)(H,36,37);14H,3-11,15H2,1-2H3;2,6H,1,4H2,(H2,5,7)/t;14-;2-/m.00/s1. The summed E-state index contributed by atoms with van der Waals surface area (Å²) in [5.41, 5.74) is 15.1. The van der Waals surface area contributed by atoms with Gasteiger partial charge in [-0.05, 0) is 52.9 Å². The Labute approximate surface area is 390 Å². The Morgan fingerprint density at radius 3 is 1.55 bits per heavy atom. The normalized spacial score (nSPS) is 12.1. The molecule has 65 heavy (non-hydrogen) atoms. The van der Waals surface area contributed by atoms with Crippen molar-refractivity contribution < 1.29 is 62.7 Å². The quantitative estimate of drug-likeness (QED) is 0.0411. The third-order valence-corrected chi connectivity index (χ3v) is 9.97. The second-order valence-corrected chi connectivity index (χ2v) is 16.0. The Kier molecular flexibility index (Phi) is 50.7. The average molecular weight is 934 g/mol. The van der Waals surface area contributed by atoms with Gasteiger partial charge in [0.25, 0.3) is 0 Å². The van der Waals surface area contributed by atoms with E-state index >= 15 is 0 Å². The number of ether oxygens (including phenoxy) is 4. The highest BCUT2D eigenvalue weighted by atomic mass is 16.5. The van der Waals surface area contributed by atoms with Crippen LogP contribution in [0.5, 0.6) is 0 Å². The molecule has 0 aliphatic heterocycles. The second kappa shape index (κ2) is 50.0. The summed E-state index contributed by atoms with van der Waals surface area (Å²) in [5, 5.41) is 22.7. The highest BCUT2D eigenvalue weighted by Gasteiger charge is 2.21. The van der Waals surface area contributed by atoms with Gasteiger partial charge in [-0.2, -0.15) is 0 Å². The Hall–Kier alpha value is -3.39. The Morgan fingerprint density at radius 1 is 0.538 bits per heavy atom. The van der Waals surface area contributed by atoms with Crippen molar-refractivity contribution in [2.75, 3.05) is 66.0 Å². The van der Waals surface area contributed by atoms with Crippen molar-refractivity contribution in [3.8, 4) is 0 Å². The van der Waals surface area contributed by atoms with E-state index in [0.29, 0.717) is 78.3 Å². The number of carboxylic acid groups (broad SMARTS) is 1. The molecule has 18 heteroatoms. The molecule has 0 heterocycles. The molecular formula is C47H91N5O13. The number of nitrogens with two attached hydrogens (primary N) is 3. The van der Waals surface area contributed by atoms with Gasteiger partial charge < -0.3 is 57.0 Å². The summed E-state index contributed by atoms with van der Waals surface area (Å²) in [5.74, 6) is -2.13. The number of hydrogen-bond acceptors (Lipinski definition) is 14. The maximum atomic E-state index is 12.2. The zero-order chi connectivity index (χ0) is 49.4. The summed E-state index contributed by atoms with van der Waals surface area (Å²) in [7, 11) is 0. The lowest BCUT2D eigenvalue weighted by molar-refractivity contribution is -0.142. The topological polar surface area (TPSA) is 299 Å². The molecule has 1 unspecified atom stereocenters. The van der Waals surface area contributed by atoms with Gasteiger partial charge in [0.1, 0.15) is 36.9 Å². The van der Waals surface area contributed by atoms with Crippen molar-refractivity contribution in [1.82, 2.24) is 10.6 Å². The van der Waals surface area contributed by atoms with E-state index in [1.54, 1.807) is 0 Å². The molecule has 382 valence electrons. The molecule has 0 aliphatic carbocycles. The molecule has 0 bridgehead atoms. The van der Waals surface area contributed by atoms with E-state index in [9.17, 15) is 38.7 Å². The number of carbonyl (C=O) groups excluding carboxylic acids is 6. The summed E-state index contributed by atoms with van der Waals surface area (Å²) in [6, 6.07) is -2.29. The summed E-state index contributed by atoms with van der Waals surface area (Å²) < 4.78 is 20.8. The number of ketones is 3. The van der Waals surface area contributed by atoms with Gasteiger partial charge in [-0.1, -0.05) is 96.8 Å². The number of hydrogen-bond donors (Lipinski definition) is 7. The number of aliphatic hydroxyl groups is 1. The first kappa shape index (κ1) is 65.9. The molecular weight excluding hydrogens is 843 g/mol. The van der Waals surface area contributed by atoms with E-state index in [1.807, 2.05) is 13.8 Å². The van der Waals surface area contributed by atoms with Crippen molar-refractivity contribution in [3.63, 3.8) is 0 Å². The summed E-state index contributed by atoms with van der Waals surface area (Å²) in [6.45, 7) is 10.5. The zero-order valence-corrected chi connectivity index (χ0v) is 40.7. The average Bonchev–Trinajstić information content (AvgIpc) is 3.27. The molecule has 0 aromatic rings. The number of carboxylic acids is 1. The number of Topliss-reactive ketones (excluding diaryl/α,β-unsaturated/α-hetero) is 3. The van der Waals surface area contributed by atoms with Crippen molar-refractivity contribution in [1.29, 1.82) is 0 Å². The fourth-order valence-corrected chi connectivity index (χ4v) is 5.94. The van der Waals surface area contributed by atoms with Gasteiger partial charge in [0.2, 0.25) is 17.7 Å². The fraction of sp³-hybridized carbons (Fsp3) is 0.851. The monoisotopic (exact) mass is 934 g/mol. The number of aliphatic carboxylic acids is 1. The van der Waals surface area contributed by atoms with Gasteiger partial charge in [-0.15, -0.1) is 0 Å². The minimum absolute atomic E-state index is 0.00360. The van der Waals surface area contributed by atoms with Crippen LogP contribution in [0.15, 0.2) is 0 Å². The largest absolute Gasteiger partial charge is 0.480 e. The van der Waals surface area contributed by atoms with E-state index < -0.39 is 24.0 Å². The summed E-state index contributed by atoms with van der Waals surface area (Å²) in [4.78, 5) is 79.2. The number of likely N-dealkylation sites (N-methyl/N-ethyl adjacent to an activating group) is 1. The van der Waals surface area contributed by atoms with Gasteiger partial charge in [0, 0.05) is 45.4 Å². The van der Waals surface area contributed by atoms with E-state index in [4.69, 9.17) is 35.5 Å². The third kappa shape index (κ3) is 51.5. The van der Waals surface area contributed by atoms with Gasteiger partial charge >= 0.3 is 5.97 Å². The Morgan fingerprint density at radius 2 is 1.05 bits per heavy atom. The van der Waals surface area contributed by atoms with Crippen LogP contribution in [0, 0.1) is 0 Å². The SMILES string of the molecule is CCCCCCCCCCCCCCCC(=O)NC(CCC(=O)CCCOCCOCC(=O)NCC)C(=O)O.CCOCCOCC(=O)CCCCC[C@H](N)C(C)=O.NC(=O)[C@@H](N)CO. The van der Waals surface area contributed by atoms with E-state index in [1.165, 1.54) is 71.1 Å². The number of primary amides is 1. The number of aliphatic hydroxyl groups excluding tert-OH is 1. The second-order valence-electron chi connectivity index (χ2n) is 16.0. The van der Waals surface area contributed by atoms with Gasteiger partial charge in [-0.25, -0.2) is 4.79 Å². The van der Waals surface area contributed by atoms with Crippen LogP contribution < -0.4 is 27.8 Å². The molecule has 0 rings (SSSR count). The molecule has 0 radical (unpaired) electrons. The van der Waals surface area contributed by atoms with E-state index in [0.717, 1.165) is 38.5 Å². The molecule has 0 saturated heterocycles. The minimum atomic E-state index is -1.11. The van der Waals surface area contributed by atoms with Crippen LogP contribution in [0.2, 0.25) is 0 Å². The summed E-state index contributed by atoms with van der Waals surface area (Å²) >= 11 is 0. The Balaban J connectivity index is -0.00000121. The number of rotatable bonds is 44. The van der Waals surface area contributed by atoms with Gasteiger partial charge in [-0.3, -0.25) is 28.8 Å². The van der Waals surface area contributed by atoms with Crippen molar-refractivity contribution in [2.45, 2.75) is 193 Å². The number of carbonyl (C=O) groups is 7. The van der Waals surface area contributed by atoms with Crippen LogP contribution in [0.3, 0.4) is 0 Å². The summed E-state index contributed by atoms with van der Waals surface area (Å²) in [6.07, 6.45) is 21.2. The Bertz CT molecular complexity index is 1210. The highest BCUT2D eigenvalue weighted by Crippen LogP contribution is 2.13. The van der Waals surface area contributed by atoms with Crippen LogP contribution in [0.25, 0.3) is 0 Å². The smallest absolute Gasteiger partial charge is 0.326 e. The maximum Gasteiger partial charge on any atom is 0.326 e. The molecule has 0 spiro atoms. The van der Waals surface area contributed by atoms with Crippen LogP contribution >= 0.6 is 0 Å². The lowest BCUT2D eigenvalue weighted by Gasteiger charge is -2.14. The molecule has 0 saturated carbocycles. The van der Waals surface area contributed by atoms with Crippen molar-refractivity contribution in [2.24, 2.45) is 17.2 Å². The molecule has 0 aliphatic rings. The van der Waals surface area contributed by atoms with E-state index in [2.05, 4.69) is 23.3 Å². The van der Waals surface area contributed by atoms with Crippen LogP contribution in [-0.4, -0.2) is 135 Å². The van der Waals surface area contributed by atoms with Crippen LogP contribution in [0.1, 0.15) is 175 Å². The number of nitrogens with one attached hydrogen (secondary N) is 2. The van der Waals surface area contributed by atoms with Gasteiger partial charge in [0.15, 0.2) is 5.78 Å².